The molecule has 0 N–H and O–H groups in total. The highest BCUT2D eigenvalue weighted by Crippen LogP contribution is 1.96. The number of rotatable bonds is 8. The van der Waals surface area contributed by atoms with Crippen molar-refractivity contribution in [3.8, 4) is 0 Å². The Morgan fingerprint density at radius 1 is 0.917 bits per heavy atom. The molecule has 0 aromatic rings. The lowest BCUT2D eigenvalue weighted by Crippen LogP contribution is -2.21. The second kappa shape index (κ2) is 7.31. The van der Waals surface area contributed by atoms with Gasteiger partial charge in [-0.3, -0.25) is 0 Å². The van der Waals surface area contributed by atoms with Gasteiger partial charge in [0.2, 0.25) is 6.10 Å². The molecule has 0 aromatic carbocycles. The van der Waals surface area contributed by atoms with Crippen LogP contribution in [0.4, 0.5) is 0 Å². The molecule has 0 atom stereocenters. The van der Waals surface area contributed by atoms with Gasteiger partial charge in [0, 0.05) is 0 Å². The molecule has 12 heavy (non-hydrogen) atoms. The van der Waals surface area contributed by atoms with Crippen LogP contribution in [0.5, 0.6) is 0 Å². The van der Waals surface area contributed by atoms with Crippen molar-refractivity contribution < 1.29 is 14.5 Å². The van der Waals surface area contributed by atoms with Gasteiger partial charge >= 0.3 is 0 Å². The third-order valence-corrected chi connectivity index (χ3v) is 0.818. The van der Waals surface area contributed by atoms with Gasteiger partial charge in [-0.15, -0.1) is 14.7 Å². The van der Waals surface area contributed by atoms with Crippen LogP contribution in [-0.4, -0.2) is 19.3 Å². The van der Waals surface area contributed by atoms with Gasteiger partial charge in [-0.05, 0) is 0 Å². The van der Waals surface area contributed by atoms with E-state index < -0.39 is 6.10 Å². The van der Waals surface area contributed by atoms with Gasteiger partial charge in [0.25, 0.3) is 0 Å². The van der Waals surface area contributed by atoms with Gasteiger partial charge in [0.05, 0.1) is 0 Å². The van der Waals surface area contributed by atoms with E-state index in [9.17, 15) is 14.7 Å². The van der Waals surface area contributed by atoms with Crippen LogP contribution in [-0.2, 0) is 14.5 Å². The van der Waals surface area contributed by atoms with E-state index in [-0.39, 0.29) is 13.2 Å². The average Bonchev–Trinajstić information content (AvgIpc) is 2.10. The van der Waals surface area contributed by atoms with Gasteiger partial charge in [0.15, 0.2) is 29.2 Å². The summed E-state index contributed by atoms with van der Waals surface area (Å²) in [6.07, 6.45) is -0.974. The number of nitrogens with zero attached hydrogens (tertiary/aromatic N) is 3. The molecule has 0 aliphatic carbocycles. The lowest BCUT2D eigenvalue weighted by Gasteiger charge is -2.06. The Labute approximate surface area is 65.8 Å². The molecule has 9 nitrogen and oxygen atoms in total. The Kier molecular flexibility index (Phi) is 6.21. The van der Waals surface area contributed by atoms with Crippen molar-refractivity contribution in [2.75, 3.05) is 13.2 Å². The molecule has 9 heteroatoms. The fraction of sp³-hybridized carbons (Fsp3) is 1.00. The van der Waals surface area contributed by atoms with Crippen molar-refractivity contribution in [3.63, 3.8) is 0 Å². The van der Waals surface area contributed by atoms with Crippen LogP contribution >= 0.6 is 0 Å². The van der Waals surface area contributed by atoms with E-state index in [1.165, 1.54) is 0 Å². The molecule has 0 saturated heterocycles. The van der Waals surface area contributed by atoms with Crippen LogP contribution in [0.1, 0.15) is 0 Å². The first kappa shape index (κ1) is 10.2. The minimum Gasteiger partial charge on any atom is -0.360 e. The molecule has 0 fully saturated rings. The maximum absolute atomic E-state index is 9.54. The molecule has 68 valence electrons. The standard InChI is InChI=1S/C3H5N3O6/c7-4-10-1-3(12-6-9)2-11-5-8/h3H,1-2H2. The summed E-state index contributed by atoms with van der Waals surface area (Å²) in [6, 6.07) is 0. The normalized spacial score (nSPS) is 8.75. The molecule has 0 aliphatic heterocycles. The Morgan fingerprint density at radius 3 is 1.75 bits per heavy atom. The van der Waals surface area contributed by atoms with E-state index in [2.05, 4.69) is 14.5 Å². The van der Waals surface area contributed by atoms with Gasteiger partial charge in [-0.25, -0.2) is 0 Å². The maximum atomic E-state index is 9.54. The maximum Gasteiger partial charge on any atom is 0.203 e. The zero-order chi connectivity index (χ0) is 9.23. The second-order valence-corrected chi connectivity index (χ2v) is 1.54. The van der Waals surface area contributed by atoms with E-state index >= 15 is 0 Å². The smallest absolute Gasteiger partial charge is 0.203 e. The molecule has 0 radical (unpaired) electrons. The van der Waals surface area contributed by atoms with Crippen molar-refractivity contribution in [1.82, 2.24) is 0 Å². The Hall–Kier alpha value is -1.80. The zero-order valence-electron chi connectivity index (χ0n) is 5.78. The second-order valence-electron chi connectivity index (χ2n) is 1.54. The molecule has 0 heterocycles. The van der Waals surface area contributed by atoms with Crippen molar-refractivity contribution >= 4 is 0 Å². The Morgan fingerprint density at radius 2 is 1.42 bits per heavy atom. The van der Waals surface area contributed by atoms with E-state index in [0.29, 0.717) is 0 Å². The van der Waals surface area contributed by atoms with Crippen LogP contribution in [0.15, 0.2) is 16.0 Å². The van der Waals surface area contributed by atoms with Gasteiger partial charge in [0.1, 0.15) is 0 Å². The topological polar surface area (TPSA) is 116 Å². The fourth-order valence-electron chi connectivity index (χ4n) is 0.397. The van der Waals surface area contributed by atoms with Gasteiger partial charge < -0.3 is 14.5 Å². The molecular formula is C3H5N3O6. The number of hydrogen-bond acceptors (Lipinski definition) is 9. The lowest BCUT2D eigenvalue weighted by molar-refractivity contribution is -0.0607. The van der Waals surface area contributed by atoms with E-state index in [1.54, 1.807) is 0 Å². The van der Waals surface area contributed by atoms with Gasteiger partial charge in [-0.1, -0.05) is 0 Å². The van der Waals surface area contributed by atoms with E-state index in [1.807, 2.05) is 16.0 Å². The Balaban J connectivity index is 3.59. The summed E-state index contributed by atoms with van der Waals surface area (Å²) in [7, 11) is 0. The molecule has 0 aliphatic rings. The SMILES string of the molecule is O=NOCC(CON=O)ON=O. The van der Waals surface area contributed by atoms with Crippen molar-refractivity contribution in [2.24, 2.45) is 16.0 Å². The first-order valence-corrected chi connectivity index (χ1v) is 2.72. The Bertz CT molecular complexity index is 139. The van der Waals surface area contributed by atoms with Crippen molar-refractivity contribution in [2.45, 2.75) is 6.10 Å². The fourth-order valence-corrected chi connectivity index (χ4v) is 0.397. The molecule has 0 rings (SSSR count). The van der Waals surface area contributed by atoms with E-state index in [0.717, 1.165) is 0 Å². The minimum atomic E-state index is -0.974. The lowest BCUT2D eigenvalue weighted by atomic mass is 10.4. The highest BCUT2D eigenvalue weighted by Gasteiger charge is 2.13. The zero-order valence-corrected chi connectivity index (χ0v) is 5.78. The average molecular weight is 179 g/mol. The summed E-state index contributed by atoms with van der Waals surface area (Å²) in [5, 5.41) is 6.10. The van der Waals surface area contributed by atoms with Crippen LogP contribution < -0.4 is 0 Å². The predicted octanol–water partition coefficient (Wildman–Crippen LogP) is 0.449. The quantitative estimate of drug-likeness (QED) is 0.394. The van der Waals surface area contributed by atoms with Crippen LogP contribution in [0, 0.1) is 14.7 Å². The highest BCUT2D eigenvalue weighted by atomic mass is 16.8. The van der Waals surface area contributed by atoms with Gasteiger partial charge in [-0.2, -0.15) is 0 Å². The summed E-state index contributed by atoms with van der Waals surface area (Å²) in [5.41, 5.74) is 0. The largest absolute Gasteiger partial charge is 0.360 e. The minimum absolute atomic E-state index is 0.342. The van der Waals surface area contributed by atoms with Crippen molar-refractivity contribution in [1.29, 1.82) is 0 Å². The van der Waals surface area contributed by atoms with Crippen molar-refractivity contribution in [3.05, 3.63) is 14.7 Å². The summed E-state index contributed by atoms with van der Waals surface area (Å²) in [5.74, 6) is 0. The number of hydrogen-bond donors (Lipinski definition) is 0. The van der Waals surface area contributed by atoms with E-state index in [4.69, 9.17) is 0 Å². The monoisotopic (exact) mass is 179 g/mol. The summed E-state index contributed by atoms with van der Waals surface area (Å²) >= 11 is 0. The summed E-state index contributed by atoms with van der Waals surface area (Å²) < 4.78 is 0. The third kappa shape index (κ3) is 5.02. The molecule has 0 bridgehead atoms. The molecule has 0 unspecified atom stereocenters. The molecular weight excluding hydrogens is 174 g/mol. The third-order valence-electron chi connectivity index (χ3n) is 0.818. The van der Waals surface area contributed by atoms with Crippen LogP contribution in [0.2, 0.25) is 0 Å². The molecule has 0 saturated carbocycles. The summed E-state index contributed by atoms with van der Waals surface area (Å²) in [4.78, 5) is 40.4. The molecule has 0 amide bonds. The summed E-state index contributed by atoms with van der Waals surface area (Å²) in [6.45, 7) is -0.685. The predicted molar refractivity (Wildman–Crippen MR) is 34.2 cm³/mol. The highest BCUT2D eigenvalue weighted by molar-refractivity contribution is 4.52. The first-order chi connectivity index (χ1) is 5.85. The molecule has 0 aromatic heterocycles. The van der Waals surface area contributed by atoms with Crippen LogP contribution in [0.25, 0.3) is 0 Å². The van der Waals surface area contributed by atoms with Crippen LogP contribution in [0.3, 0.4) is 0 Å². The first-order valence-electron chi connectivity index (χ1n) is 2.72. The molecule has 0 spiro atoms.